The maximum Gasteiger partial charge on any atom is 0.207 e. The molecule has 3 rings (SSSR count). The van der Waals surface area contributed by atoms with Crippen LogP contribution in [0, 0.1) is 12.7 Å². The Bertz CT molecular complexity index is 992. The van der Waals surface area contributed by atoms with Crippen LogP contribution in [0.4, 0.5) is 4.39 Å². The predicted molar refractivity (Wildman–Crippen MR) is 127 cm³/mol. The number of halogens is 2. The zero-order valence-corrected chi connectivity index (χ0v) is 19.5. The third-order valence-electron chi connectivity index (χ3n) is 4.68. The number of rotatable bonds is 6. The molecule has 4 N–H and O–H groups in total. The highest BCUT2D eigenvalue weighted by Gasteiger charge is 2.14. The van der Waals surface area contributed by atoms with Crippen LogP contribution >= 0.6 is 11.6 Å². The highest BCUT2D eigenvalue weighted by Crippen LogP contribution is 2.29. The molecule has 0 fully saturated rings. The average molecular weight is 461 g/mol. The number of nitrogens with zero attached hydrogens (tertiary/aromatic N) is 1. The number of nitrogens with two attached hydrogens (primary N) is 1. The van der Waals surface area contributed by atoms with Gasteiger partial charge in [0, 0.05) is 10.6 Å². The molecule has 2 amide bonds. The lowest BCUT2D eigenvalue weighted by Gasteiger charge is -2.13. The van der Waals surface area contributed by atoms with Gasteiger partial charge in [0.05, 0.1) is 17.9 Å². The van der Waals surface area contributed by atoms with Crippen molar-refractivity contribution >= 4 is 24.4 Å². The summed E-state index contributed by atoms with van der Waals surface area (Å²) in [6, 6.07) is 13.1. The van der Waals surface area contributed by atoms with Crippen LogP contribution in [0.2, 0.25) is 5.02 Å². The molecule has 1 atom stereocenters. The van der Waals surface area contributed by atoms with E-state index in [1.54, 1.807) is 12.3 Å². The van der Waals surface area contributed by atoms with Crippen molar-refractivity contribution in [1.82, 2.24) is 15.5 Å². The summed E-state index contributed by atoms with van der Waals surface area (Å²) in [7, 11) is 0. The van der Waals surface area contributed by atoms with E-state index < -0.39 is 0 Å². The average Bonchev–Trinajstić information content (AvgIpc) is 3.18. The molecule has 0 saturated heterocycles. The van der Waals surface area contributed by atoms with Gasteiger partial charge in [0.1, 0.15) is 5.82 Å². The molecular formula is C24H30ClFN4O2. The SMILES string of the molecule is CCC(NC=O)c1cccc(Cl)c1.Cc1cn[nH]c1-c1cccc(C(C)C)c1F.NC=O. The van der Waals surface area contributed by atoms with E-state index in [0.717, 1.165) is 35.2 Å². The van der Waals surface area contributed by atoms with Crippen molar-refractivity contribution in [2.75, 3.05) is 0 Å². The van der Waals surface area contributed by atoms with Crippen molar-refractivity contribution in [3.8, 4) is 11.3 Å². The molecule has 2 aromatic carbocycles. The Balaban J connectivity index is 0.000000291. The Morgan fingerprint density at radius 1 is 1.22 bits per heavy atom. The molecular weight excluding hydrogens is 431 g/mol. The number of hydrogen-bond acceptors (Lipinski definition) is 3. The van der Waals surface area contributed by atoms with Gasteiger partial charge in [-0.05, 0) is 54.2 Å². The minimum absolute atomic E-state index is 0.0659. The Morgan fingerprint density at radius 2 is 1.88 bits per heavy atom. The molecule has 1 unspecified atom stereocenters. The number of aryl methyl sites for hydroxylation is 1. The molecule has 6 nitrogen and oxygen atoms in total. The van der Waals surface area contributed by atoms with E-state index in [4.69, 9.17) is 16.4 Å². The molecule has 1 heterocycles. The van der Waals surface area contributed by atoms with Crippen LogP contribution in [0.1, 0.15) is 55.8 Å². The number of benzene rings is 2. The topological polar surface area (TPSA) is 101 Å². The maximum absolute atomic E-state index is 14.2. The third kappa shape index (κ3) is 7.81. The second-order valence-electron chi connectivity index (χ2n) is 7.23. The monoisotopic (exact) mass is 460 g/mol. The molecule has 3 aromatic rings. The molecule has 0 aliphatic rings. The Hall–Kier alpha value is -3.19. The fourth-order valence-electron chi connectivity index (χ4n) is 3.06. The Morgan fingerprint density at radius 3 is 2.38 bits per heavy atom. The van der Waals surface area contributed by atoms with E-state index >= 15 is 0 Å². The van der Waals surface area contributed by atoms with Crippen LogP contribution in [-0.4, -0.2) is 23.0 Å². The van der Waals surface area contributed by atoms with Gasteiger partial charge in [-0.3, -0.25) is 14.7 Å². The molecule has 0 saturated carbocycles. The second-order valence-corrected chi connectivity index (χ2v) is 7.66. The molecule has 8 heteroatoms. The summed E-state index contributed by atoms with van der Waals surface area (Å²) in [6.45, 7) is 7.91. The zero-order chi connectivity index (χ0) is 24.1. The quantitative estimate of drug-likeness (QED) is 0.436. The van der Waals surface area contributed by atoms with Gasteiger partial charge < -0.3 is 11.1 Å². The van der Waals surface area contributed by atoms with Gasteiger partial charge in [-0.25, -0.2) is 4.39 Å². The first kappa shape index (κ1) is 26.8. The number of primary amides is 1. The summed E-state index contributed by atoms with van der Waals surface area (Å²) in [6.07, 6.45) is 3.53. The van der Waals surface area contributed by atoms with Crippen molar-refractivity contribution < 1.29 is 14.0 Å². The molecule has 0 aliphatic heterocycles. The minimum Gasteiger partial charge on any atom is -0.372 e. The normalized spacial score (nSPS) is 10.8. The summed E-state index contributed by atoms with van der Waals surface area (Å²) in [5, 5.41) is 10.2. The van der Waals surface area contributed by atoms with Crippen molar-refractivity contribution in [1.29, 1.82) is 0 Å². The molecule has 0 aliphatic carbocycles. The highest BCUT2D eigenvalue weighted by atomic mass is 35.5. The van der Waals surface area contributed by atoms with Crippen molar-refractivity contribution in [2.24, 2.45) is 5.73 Å². The van der Waals surface area contributed by atoms with Crippen LogP contribution in [-0.2, 0) is 9.59 Å². The number of aromatic nitrogens is 2. The molecule has 0 radical (unpaired) electrons. The predicted octanol–water partition coefficient (Wildman–Crippen LogP) is 5.29. The van der Waals surface area contributed by atoms with Crippen LogP contribution in [0.5, 0.6) is 0 Å². The minimum atomic E-state index is -0.148. The maximum atomic E-state index is 14.2. The van der Waals surface area contributed by atoms with Gasteiger partial charge in [-0.2, -0.15) is 5.10 Å². The summed E-state index contributed by atoms with van der Waals surface area (Å²) < 4.78 is 14.2. The first-order valence-electron chi connectivity index (χ1n) is 10.2. The number of H-pyrrole nitrogens is 1. The summed E-state index contributed by atoms with van der Waals surface area (Å²) in [5.41, 5.74) is 8.27. The lowest BCUT2D eigenvalue weighted by Crippen LogP contribution is -2.18. The van der Waals surface area contributed by atoms with E-state index in [-0.39, 0.29) is 24.2 Å². The number of amides is 2. The molecule has 0 spiro atoms. The van der Waals surface area contributed by atoms with Gasteiger partial charge in [0.25, 0.3) is 0 Å². The molecule has 0 bridgehead atoms. The largest absolute Gasteiger partial charge is 0.372 e. The van der Waals surface area contributed by atoms with Gasteiger partial charge in [-0.15, -0.1) is 0 Å². The van der Waals surface area contributed by atoms with Gasteiger partial charge >= 0.3 is 0 Å². The standard InChI is InChI=1S/C13H15FN2.C10H12ClNO.CH3NO/c1-8(2)10-5-4-6-11(12(10)14)13-9(3)7-15-16-13;1-2-10(12-7-13)8-4-3-5-9(11)6-8;2-1-3/h4-8H,1-3H3,(H,15,16);3-7,10H,2H2,1H3,(H,12,13);1H,(H2,2,3). The molecule has 32 heavy (non-hydrogen) atoms. The summed E-state index contributed by atoms with van der Waals surface area (Å²) in [5.74, 6) is 0.0352. The summed E-state index contributed by atoms with van der Waals surface area (Å²) >= 11 is 5.83. The first-order valence-corrected chi connectivity index (χ1v) is 10.6. The number of hydrogen-bond donors (Lipinski definition) is 3. The Kier molecular flexibility index (Phi) is 11.7. The van der Waals surface area contributed by atoms with Crippen molar-refractivity contribution in [3.63, 3.8) is 0 Å². The lowest BCUT2D eigenvalue weighted by atomic mass is 9.98. The third-order valence-corrected chi connectivity index (χ3v) is 4.91. The van der Waals surface area contributed by atoms with E-state index in [0.29, 0.717) is 10.6 Å². The highest BCUT2D eigenvalue weighted by molar-refractivity contribution is 6.30. The zero-order valence-electron chi connectivity index (χ0n) is 18.7. The van der Waals surface area contributed by atoms with Crippen LogP contribution in [0.15, 0.2) is 48.7 Å². The van der Waals surface area contributed by atoms with Gasteiger partial charge in [0.2, 0.25) is 12.8 Å². The van der Waals surface area contributed by atoms with Crippen LogP contribution in [0.3, 0.4) is 0 Å². The van der Waals surface area contributed by atoms with Gasteiger partial charge in [0.15, 0.2) is 0 Å². The first-order chi connectivity index (χ1) is 15.3. The smallest absolute Gasteiger partial charge is 0.207 e. The number of aromatic amines is 1. The number of carbonyl (C=O) groups excluding carboxylic acids is 2. The van der Waals surface area contributed by atoms with E-state index in [1.165, 1.54) is 0 Å². The number of nitrogens with one attached hydrogen (secondary N) is 2. The fourth-order valence-corrected chi connectivity index (χ4v) is 3.26. The van der Waals surface area contributed by atoms with Gasteiger partial charge in [-0.1, -0.05) is 56.6 Å². The summed E-state index contributed by atoms with van der Waals surface area (Å²) in [4.78, 5) is 18.9. The van der Waals surface area contributed by atoms with E-state index in [1.807, 2.05) is 64.1 Å². The van der Waals surface area contributed by atoms with E-state index in [9.17, 15) is 9.18 Å². The molecule has 1 aromatic heterocycles. The van der Waals surface area contributed by atoms with Crippen molar-refractivity contribution in [2.45, 2.75) is 46.1 Å². The van der Waals surface area contributed by atoms with Crippen molar-refractivity contribution in [3.05, 3.63) is 76.2 Å². The van der Waals surface area contributed by atoms with Crippen LogP contribution < -0.4 is 11.1 Å². The lowest BCUT2D eigenvalue weighted by molar-refractivity contribution is -0.110. The number of carbonyl (C=O) groups is 2. The van der Waals surface area contributed by atoms with Crippen LogP contribution in [0.25, 0.3) is 11.3 Å². The fraction of sp³-hybridized carbons (Fsp3) is 0.292. The molecule has 172 valence electrons. The Labute approximate surface area is 193 Å². The van der Waals surface area contributed by atoms with E-state index in [2.05, 4.69) is 21.2 Å². The second kappa shape index (κ2) is 14.0.